The van der Waals surface area contributed by atoms with Gasteiger partial charge in [0.15, 0.2) is 6.04 Å². The molecule has 23 heavy (non-hydrogen) atoms. The van der Waals surface area contributed by atoms with Crippen LogP contribution >= 0.6 is 0 Å². The monoisotopic (exact) mass is 329 g/mol. The molecule has 1 N–H and O–H groups in total. The maximum Gasteiger partial charge on any atom is 0.416 e. The van der Waals surface area contributed by atoms with Crippen LogP contribution in [0.25, 0.3) is 0 Å². The van der Waals surface area contributed by atoms with Crippen LogP contribution in [0.4, 0.5) is 24.5 Å². The first-order valence-corrected chi connectivity index (χ1v) is 7.09. The molecule has 0 saturated carbocycles. The third-order valence-corrected chi connectivity index (χ3v) is 4.05. The van der Waals surface area contributed by atoms with E-state index in [1.165, 1.54) is 0 Å². The van der Waals surface area contributed by atoms with Gasteiger partial charge in [0.05, 0.1) is 36.7 Å². The normalized spacial score (nSPS) is 17.6. The molecule has 6 nitrogen and oxygen atoms in total. The molecule has 0 spiro atoms. The Hall–Kier alpha value is -2.34. The second kappa shape index (κ2) is 6.42. The minimum absolute atomic E-state index is 0.181. The highest BCUT2D eigenvalue weighted by Crippen LogP contribution is 2.36. The summed E-state index contributed by atoms with van der Waals surface area (Å²) < 4.78 is 38.1. The van der Waals surface area contributed by atoms with Crippen molar-refractivity contribution in [3.05, 3.63) is 33.9 Å². The average molecular weight is 329 g/mol. The molecular formula is C14H16F3N4O2+. The lowest BCUT2D eigenvalue weighted by Gasteiger charge is -2.34. The molecule has 0 aliphatic carbocycles. The van der Waals surface area contributed by atoms with Gasteiger partial charge < -0.3 is 9.80 Å². The molecule has 9 heteroatoms. The second-order valence-corrected chi connectivity index (χ2v) is 5.45. The van der Waals surface area contributed by atoms with Gasteiger partial charge in [-0.05, 0) is 12.1 Å². The Labute approximate surface area is 130 Å². The first kappa shape index (κ1) is 17.0. The molecule has 0 aromatic heterocycles. The number of nitrogens with one attached hydrogen (secondary N) is 1. The van der Waals surface area contributed by atoms with Crippen LogP contribution in [0, 0.1) is 21.4 Å². The average Bonchev–Trinajstić information content (AvgIpc) is 2.52. The zero-order valence-electron chi connectivity index (χ0n) is 12.4. The molecular weight excluding hydrogens is 313 g/mol. The Bertz CT molecular complexity index is 634. The van der Waals surface area contributed by atoms with Crippen molar-refractivity contribution in [2.45, 2.75) is 19.1 Å². The van der Waals surface area contributed by atoms with Crippen molar-refractivity contribution in [1.82, 2.24) is 0 Å². The molecule has 0 amide bonds. The molecule has 1 heterocycles. The second-order valence-electron chi connectivity index (χ2n) is 5.45. The Kier molecular flexibility index (Phi) is 4.75. The summed E-state index contributed by atoms with van der Waals surface area (Å²) in [5.41, 5.74) is -1.39. The van der Waals surface area contributed by atoms with Crippen LogP contribution in [0.2, 0.25) is 0 Å². The van der Waals surface area contributed by atoms with E-state index in [0.29, 0.717) is 32.2 Å². The fourth-order valence-electron chi connectivity index (χ4n) is 2.67. The molecule has 1 atom stereocenters. The van der Waals surface area contributed by atoms with Crippen molar-refractivity contribution < 1.29 is 23.0 Å². The van der Waals surface area contributed by atoms with E-state index in [-0.39, 0.29) is 11.7 Å². The molecule has 1 fully saturated rings. The standard InChI is InChI=1S/C14H15F3N4O2/c1-10(9-18)19-4-6-20(7-5-19)12-3-2-11(14(15,16)17)8-13(12)21(22)23/h2-3,8,10H,4-7H2,1H3/p+1/t10-/m0/s1. The molecule has 1 aromatic carbocycles. The number of hydrogen-bond acceptors (Lipinski definition) is 4. The molecule has 0 unspecified atom stereocenters. The molecule has 0 radical (unpaired) electrons. The first-order chi connectivity index (χ1) is 10.7. The van der Waals surface area contributed by atoms with E-state index in [0.717, 1.165) is 17.0 Å². The number of rotatable bonds is 3. The van der Waals surface area contributed by atoms with Crippen LogP contribution in [0.5, 0.6) is 0 Å². The van der Waals surface area contributed by atoms with Gasteiger partial charge in [-0.25, -0.2) is 0 Å². The van der Waals surface area contributed by atoms with Crippen molar-refractivity contribution >= 4 is 11.4 Å². The number of nitro groups is 1. The van der Waals surface area contributed by atoms with Gasteiger partial charge in [-0.1, -0.05) is 0 Å². The molecule has 2 rings (SSSR count). The van der Waals surface area contributed by atoms with E-state index < -0.39 is 22.4 Å². The summed E-state index contributed by atoms with van der Waals surface area (Å²) in [5, 5.41) is 20.0. The van der Waals surface area contributed by atoms with Gasteiger partial charge in [0.1, 0.15) is 11.8 Å². The van der Waals surface area contributed by atoms with Crippen LogP contribution in [0.1, 0.15) is 12.5 Å². The molecule has 1 aliphatic rings. The number of nitrogens with zero attached hydrogens (tertiary/aromatic N) is 3. The number of nitriles is 1. The fraction of sp³-hybridized carbons (Fsp3) is 0.500. The van der Waals surface area contributed by atoms with Crippen LogP contribution in [-0.4, -0.2) is 37.1 Å². The SMILES string of the molecule is C[C@@H](C#N)[NH+]1CCN(c2ccc(C(F)(F)F)cc2[N+](=O)[O-])CC1. The third-order valence-electron chi connectivity index (χ3n) is 4.05. The zero-order chi connectivity index (χ0) is 17.2. The highest BCUT2D eigenvalue weighted by Gasteiger charge is 2.34. The van der Waals surface area contributed by atoms with Gasteiger partial charge in [0.25, 0.3) is 5.69 Å². The van der Waals surface area contributed by atoms with Crippen LogP contribution in [0.3, 0.4) is 0 Å². The zero-order valence-corrected chi connectivity index (χ0v) is 12.4. The highest BCUT2D eigenvalue weighted by molar-refractivity contribution is 5.64. The lowest BCUT2D eigenvalue weighted by molar-refractivity contribution is -0.915. The summed E-state index contributed by atoms with van der Waals surface area (Å²) in [6.45, 7) is 3.91. The number of alkyl halides is 3. The molecule has 124 valence electrons. The molecule has 1 aromatic rings. The van der Waals surface area contributed by atoms with Crippen LogP contribution in [-0.2, 0) is 6.18 Å². The first-order valence-electron chi connectivity index (χ1n) is 7.09. The van der Waals surface area contributed by atoms with Crippen LogP contribution in [0.15, 0.2) is 18.2 Å². The van der Waals surface area contributed by atoms with Crippen LogP contribution < -0.4 is 9.80 Å². The van der Waals surface area contributed by atoms with Crippen molar-refractivity contribution in [1.29, 1.82) is 5.26 Å². The lowest BCUT2D eigenvalue weighted by atomic mass is 10.1. The summed E-state index contributed by atoms with van der Waals surface area (Å²) in [5.74, 6) is 0. The highest BCUT2D eigenvalue weighted by atomic mass is 19.4. The van der Waals surface area contributed by atoms with E-state index in [2.05, 4.69) is 6.07 Å². The number of halogens is 3. The minimum atomic E-state index is -4.62. The number of hydrogen-bond donors (Lipinski definition) is 1. The van der Waals surface area contributed by atoms with E-state index in [9.17, 15) is 23.3 Å². The Morgan fingerprint density at radius 1 is 1.39 bits per heavy atom. The predicted octanol–water partition coefficient (Wildman–Crippen LogP) is 1.23. The topological polar surface area (TPSA) is 74.6 Å². The predicted molar refractivity (Wildman–Crippen MR) is 76.1 cm³/mol. The number of piperazine rings is 1. The molecule has 0 bridgehead atoms. The molecule has 1 aliphatic heterocycles. The minimum Gasteiger partial charge on any atom is -0.355 e. The van der Waals surface area contributed by atoms with E-state index >= 15 is 0 Å². The maximum atomic E-state index is 12.7. The van der Waals surface area contributed by atoms with Crippen molar-refractivity contribution in [3.8, 4) is 6.07 Å². The van der Waals surface area contributed by atoms with Crippen molar-refractivity contribution in [3.63, 3.8) is 0 Å². The summed E-state index contributed by atoms with van der Waals surface area (Å²) in [6, 6.07) is 4.56. The van der Waals surface area contributed by atoms with Crippen molar-refractivity contribution in [2.75, 3.05) is 31.1 Å². The van der Waals surface area contributed by atoms with Crippen molar-refractivity contribution in [2.24, 2.45) is 0 Å². The summed E-state index contributed by atoms with van der Waals surface area (Å²) >= 11 is 0. The third kappa shape index (κ3) is 3.71. The quantitative estimate of drug-likeness (QED) is 0.669. The molecule has 1 saturated heterocycles. The van der Waals surface area contributed by atoms with Gasteiger partial charge in [-0.3, -0.25) is 10.1 Å². The fourth-order valence-corrected chi connectivity index (χ4v) is 2.67. The Morgan fingerprint density at radius 2 is 2.00 bits per heavy atom. The van der Waals surface area contributed by atoms with Gasteiger partial charge in [-0.15, -0.1) is 0 Å². The Morgan fingerprint density at radius 3 is 2.48 bits per heavy atom. The number of nitro benzene ring substituents is 1. The van der Waals surface area contributed by atoms with E-state index in [1.54, 1.807) is 11.8 Å². The summed E-state index contributed by atoms with van der Waals surface area (Å²) in [4.78, 5) is 13.1. The van der Waals surface area contributed by atoms with E-state index in [4.69, 9.17) is 5.26 Å². The summed E-state index contributed by atoms with van der Waals surface area (Å²) in [6.07, 6.45) is -4.62. The Balaban J connectivity index is 2.24. The van der Waals surface area contributed by atoms with Gasteiger partial charge in [-0.2, -0.15) is 18.4 Å². The van der Waals surface area contributed by atoms with Gasteiger partial charge in [0, 0.05) is 13.0 Å². The van der Waals surface area contributed by atoms with Gasteiger partial charge in [0.2, 0.25) is 0 Å². The largest absolute Gasteiger partial charge is 0.416 e. The number of anilines is 1. The summed E-state index contributed by atoms with van der Waals surface area (Å²) in [7, 11) is 0. The van der Waals surface area contributed by atoms with Gasteiger partial charge >= 0.3 is 6.18 Å². The van der Waals surface area contributed by atoms with E-state index in [1.807, 2.05) is 0 Å². The number of benzene rings is 1. The smallest absolute Gasteiger partial charge is 0.355 e. The number of quaternary nitrogens is 1. The lowest BCUT2D eigenvalue weighted by Crippen LogP contribution is -3.17. The maximum absolute atomic E-state index is 12.7.